The van der Waals surface area contributed by atoms with Gasteiger partial charge in [-0.3, -0.25) is 4.79 Å². The van der Waals surface area contributed by atoms with Crippen LogP contribution in [0.5, 0.6) is 0 Å². The zero-order valence-electron chi connectivity index (χ0n) is 11.1. The van der Waals surface area contributed by atoms with Crippen molar-refractivity contribution in [2.45, 2.75) is 39.5 Å². The molecule has 0 saturated heterocycles. The van der Waals surface area contributed by atoms with Crippen LogP contribution in [-0.4, -0.2) is 20.5 Å². The Labute approximate surface area is 111 Å². The highest BCUT2D eigenvalue weighted by atomic mass is 32.1. The van der Waals surface area contributed by atoms with Crippen molar-refractivity contribution >= 4 is 17.1 Å². The Morgan fingerprint density at radius 3 is 2.72 bits per heavy atom. The Morgan fingerprint density at radius 1 is 1.44 bits per heavy atom. The van der Waals surface area contributed by atoms with E-state index >= 15 is 0 Å². The van der Waals surface area contributed by atoms with E-state index in [9.17, 15) is 4.79 Å². The van der Waals surface area contributed by atoms with E-state index in [1.807, 2.05) is 12.3 Å². The summed E-state index contributed by atoms with van der Waals surface area (Å²) >= 11 is 1.62. The molecule has 5 heteroatoms. The van der Waals surface area contributed by atoms with E-state index in [1.54, 1.807) is 28.4 Å². The highest BCUT2D eigenvalue weighted by Crippen LogP contribution is 2.26. The van der Waals surface area contributed by atoms with E-state index < -0.39 is 0 Å². The number of hydrogen-bond acceptors (Lipinski definition) is 4. The monoisotopic (exact) mass is 263 g/mol. The molecule has 4 nitrogen and oxygen atoms in total. The number of thiazole rings is 1. The fourth-order valence-corrected chi connectivity index (χ4v) is 2.39. The quantitative estimate of drug-likeness (QED) is 0.799. The van der Waals surface area contributed by atoms with Crippen molar-refractivity contribution in [3.8, 4) is 5.82 Å². The van der Waals surface area contributed by atoms with Crippen molar-refractivity contribution in [2.24, 2.45) is 0 Å². The molecule has 0 unspecified atom stereocenters. The van der Waals surface area contributed by atoms with Gasteiger partial charge in [0.1, 0.15) is 5.01 Å². The summed E-state index contributed by atoms with van der Waals surface area (Å²) in [6.45, 7) is 8.24. The third-order valence-electron chi connectivity index (χ3n) is 2.59. The topological polar surface area (TPSA) is 47.8 Å². The second kappa shape index (κ2) is 4.65. The molecule has 0 fully saturated rings. The molecule has 0 aliphatic carbocycles. The third-order valence-corrected chi connectivity index (χ3v) is 3.85. The normalized spacial score (nSPS) is 11.8. The van der Waals surface area contributed by atoms with Gasteiger partial charge < -0.3 is 0 Å². The van der Waals surface area contributed by atoms with Crippen LogP contribution < -0.4 is 0 Å². The maximum absolute atomic E-state index is 11.6. The number of hydrogen-bond donors (Lipinski definition) is 0. The summed E-state index contributed by atoms with van der Waals surface area (Å²) in [6.07, 6.45) is 3.84. The van der Waals surface area contributed by atoms with Gasteiger partial charge in [-0.15, -0.1) is 11.3 Å². The molecule has 18 heavy (non-hydrogen) atoms. The van der Waals surface area contributed by atoms with Crippen molar-refractivity contribution in [1.82, 2.24) is 14.8 Å². The minimum absolute atomic E-state index is 0.0398. The van der Waals surface area contributed by atoms with E-state index in [-0.39, 0.29) is 11.2 Å². The lowest BCUT2D eigenvalue weighted by Gasteiger charge is -2.13. The zero-order valence-corrected chi connectivity index (χ0v) is 11.9. The van der Waals surface area contributed by atoms with Gasteiger partial charge >= 0.3 is 0 Å². The summed E-state index contributed by atoms with van der Waals surface area (Å²) in [5.41, 5.74) is 0.681. The number of Topliss-reactive ketones (excluding diaryl/α,β-unsaturated/α-hetero) is 1. The van der Waals surface area contributed by atoms with Gasteiger partial charge in [0.05, 0.1) is 11.8 Å². The van der Waals surface area contributed by atoms with Crippen molar-refractivity contribution in [1.29, 1.82) is 0 Å². The standard InChI is InChI=1S/C13H17N3OS/c1-5-10(17)9-6-14-16(7-9)11-8-18-12(15-11)13(2,3)4/h6-8H,5H2,1-4H3. The molecule has 0 bridgehead atoms. The number of nitrogens with zero attached hydrogens (tertiary/aromatic N) is 3. The molecular weight excluding hydrogens is 246 g/mol. The molecule has 2 heterocycles. The Balaban J connectivity index is 2.30. The second-order valence-corrected chi connectivity index (χ2v) is 6.07. The van der Waals surface area contributed by atoms with Crippen LogP contribution in [0.3, 0.4) is 0 Å². The first-order valence-corrected chi connectivity index (χ1v) is 6.84. The maximum Gasteiger partial charge on any atom is 0.165 e. The molecule has 0 atom stereocenters. The summed E-state index contributed by atoms with van der Waals surface area (Å²) in [4.78, 5) is 16.1. The van der Waals surface area contributed by atoms with Gasteiger partial charge in [-0.25, -0.2) is 9.67 Å². The highest BCUT2D eigenvalue weighted by Gasteiger charge is 2.19. The Kier molecular flexibility index (Phi) is 3.34. The number of carbonyl (C=O) groups excluding carboxylic acids is 1. The Bertz CT molecular complexity index is 563. The maximum atomic E-state index is 11.6. The molecule has 96 valence electrons. The first kappa shape index (κ1) is 13.0. The average molecular weight is 263 g/mol. The molecule has 0 aliphatic rings. The van der Waals surface area contributed by atoms with Crippen LogP contribution in [0.15, 0.2) is 17.8 Å². The smallest absolute Gasteiger partial charge is 0.165 e. The lowest BCUT2D eigenvalue weighted by atomic mass is 9.98. The Morgan fingerprint density at radius 2 is 2.17 bits per heavy atom. The van der Waals surface area contributed by atoms with Crippen LogP contribution in [0, 0.1) is 0 Å². The molecule has 2 aromatic rings. The number of ketones is 1. The van der Waals surface area contributed by atoms with E-state index in [4.69, 9.17) is 0 Å². The van der Waals surface area contributed by atoms with E-state index in [0.717, 1.165) is 10.8 Å². The second-order valence-electron chi connectivity index (χ2n) is 5.21. The molecule has 0 amide bonds. The van der Waals surface area contributed by atoms with Crippen molar-refractivity contribution in [3.05, 3.63) is 28.3 Å². The van der Waals surface area contributed by atoms with Crippen molar-refractivity contribution in [3.63, 3.8) is 0 Å². The van der Waals surface area contributed by atoms with Crippen LogP contribution in [0.2, 0.25) is 0 Å². The lowest BCUT2D eigenvalue weighted by Crippen LogP contribution is -2.10. The first-order chi connectivity index (χ1) is 8.41. The molecule has 0 aliphatic heterocycles. The van der Waals surface area contributed by atoms with Crippen LogP contribution in [0.25, 0.3) is 5.82 Å². The third kappa shape index (κ3) is 2.51. The van der Waals surface area contributed by atoms with Crippen LogP contribution in [0.1, 0.15) is 49.5 Å². The first-order valence-electron chi connectivity index (χ1n) is 5.96. The van der Waals surface area contributed by atoms with Gasteiger partial charge in [-0.05, 0) is 0 Å². The summed E-state index contributed by atoms with van der Waals surface area (Å²) in [5, 5.41) is 7.22. The number of rotatable bonds is 3. The van der Waals surface area contributed by atoms with Gasteiger partial charge in [0.15, 0.2) is 11.6 Å². The van der Waals surface area contributed by atoms with Crippen LogP contribution in [0.4, 0.5) is 0 Å². The summed E-state index contributed by atoms with van der Waals surface area (Å²) < 4.78 is 1.66. The fourth-order valence-electron chi connectivity index (χ4n) is 1.51. The lowest BCUT2D eigenvalue weighted by molar-refractivity contribution is 0.0988. The van der Waals surface area contributed by atoms with Crippen molar-refractivity contribution < 1.29 is 4.79 Å². The summed E-state index contributed by atoms with van der Waals surface area (Å²) in [5.74, 6) is 0.882. The Hall–Kier alpha value is -1.49. The molecular formula is C13H17N3OS. The number of carbonyl (C=O) groups is 1. The van der Waals surface area contributed by atoms with Crippen molar-refractivity contribution in [2.75, 3.05) is 0 Å². The van der Waals surface area contributed by atoms with Gasteiger partial charge in [-0.1, -0.05) is 27.7 Å². The molecule has 0 radical (unpaired) electrons. The van der Waals surface area contributed by atoms with E-state index in [0.29, 0.717) is 12.0 Å². The summed E-state index contributed by atoms with van der Waals surface area (Å²) in [7, 11) is 0. The molecule has 0 saturated carbocycles. The minimum atomic E-state index is 0.0398. The van der Waals surface area contributed by atoms with Crippen LogP contribution in [-0.2, 0) is 5.41 Å². The molecule has 0 spiro atoms. The largest absolute Gasteiger partial charge is 0.294 e. The molecule has 0 aromatic carbocycles. The van der Waals surface area contributed by atoms with Gasteiger partial charge in [-0.2, -0.15) is 5.10 Å². The van der Waals surface area contributed by atoms with E-state index in [1.165, 1.54) is 0 Å². The molecule has 0 N–H and O–H groups in total. The minimum Gasteiger partial charge on any atom is -0.294 e. The number of aromatic nitrogens is 3. The highest BCUT2D eigenvalue weighted by molar-refractivity contribution is 7.10. The van der Waals surface area contributed by atoms with E-state index in [2.05, 4.69) is 30.9 Å². The average Bonchev–Trinajstić information content (AvgIpc) is 2.94. The SMILES string of the molecule is CCC(=O)c1cnn(-c2csc(C(C)(C)C)n2)c1. The van der Waals surface area contributed by atoms with Gasteiger partial charge in [0, 0.05) is 23.4 Å². The summed E-state index contributed by atoms with van der Waals surface area (Å²) in [6, 6.07) is 0. The van der Waals surface area contributed by atoms with Gasteiger partial charge in [0.2, 0.25) is 0 Å². The van der Waals surface area contributed by atoms with Crippen LogP contribution >= 0.6 is 11.3 Å². The predicted octanol–water partition coefficient (Wildman–Crippen LogP) is 3.22. The predicted molar refractivity (Wildman–Crippen MR) is 72.6 cm³/mol. The zero-order chi connectivity index (χ0) is 13.3. The molecule has 2 aromatic heterocycles. The fraction of sp³-hybridized carbons (Fsp3) is 0.462. The molecule has 2 rings (SSSR count). The van der Waals surface area contributed by atoms with Gasteiger partial charge in [0.25, 0.3) is 0 Å².